The Labute approximate surface area is 204 Å². The van der Waals surface area contributed by atoms with Crippen molar-refractivity contribution in [1.29, 1.82) is 0 Å². The molecule has 3 aromatic rings. The Morgan fingerprint density at radius 1 is 1.03 bits per heavy atom. The molecule has 8 heteroatoms. The number of anilines is 1. The highest BCUT2D eigenvalue weighted by Crippen LogP contribution is 2.27. The number of carbonyl (C=O) groups excluding carboxylic acids is 1. The van der Waals surface area contributed by atoms with Gasteiger partial charge in [-0.05, 0) is 62.4 Å². The van der Waals surface area contributed by atoms with Gasteiger partial charge in [0, 0.05) is 23.5 Å². The zero-order valence-corrected chi connectivity index (χ0v) is 20.1. The molecular weight excluding hydrogens is 469 g/mol. The van der Waals surface area contributed by atoms with E-state index in [1.54, 1.807) is 18.2 Å². The van der Waals surface area contributed by atoms with E-state index in [9.17, 15) is 4.79 Å². The summed E-state index contributed by atoms with van der Waals surface area (Å²) in [7, 11) is 0. The van der Waals surface area contributed by atoms with Crippen LogP contribution >= 0.6 is 35.6 Å². The van der Waals surface area contributed by atoms with Gasteiger partial charge in [-0.2, -0.15) is 0 Å². The summed E-state index contributed by atoms with van der Waals surface area (Å²) in [6.45, 7) is 2.07. The molecule has 0 saturated heterocycles. The molecule has 1 fully saturated rings. The number of amides is 1. The number of nitrogens with zero attached hydrogens (tertiary/aromatic N) is 1. The van der Waals surface area contributed by atoms with Crippen LogP contribution in [0.2, 0.25) is 10.0 Å². The van der Waals surface area contributed by atoms with Crippen LogP contribution < -0.4 is 15.4 Å². The van der Waals surface area contributed by atoms with Crippen LogP contribution in [0.3, 0.4) is 0 Å². The molecule has 0 unspecified atom stereocenters. The molecule has 2 aromatic carbocycles. The third-order valence-corrected chi connectivity index (χ3v) is 6.37. The van der Waals surface area contributed by atoms with E-state index in [0.717, 1.165) is 37.0 Å². The van der Waals surface area contributed by atoms with Crippen LogP contribution in [-0.2, 0) is 4.79 Å². The topological polar surface area (TPSA) is 63.2 Å². The number of benzene rings is 2. The number of rotatable bonds is 6. The highest BCUT2D eigenvalue weighted by molar-refractivity contribution is 6.42. The fourth-order valence-corrected chi connectivity index (χ4v) is 4.29. The maximum atomic E-state index is 12.3. The Morgan fingerprint density at radius 2 is 1.75 bits per heavy atom. The molecule has 1 aliphatic rings. The monoisotopic (exact) mass is 493 g/mol. The van der Waals surface area contributed by atoms with Crippen molar-refractivity contribution in [1.82, 2.24) is 10.3 Å². The van der Waals surface area contributed by atoms with E-state index in [2.05, 4.69) is 29.7 Å². The molecule has 32 heavy (non-hydrogen) atoms. The van der Waals surface area contributed by atoms with Crippen molar-refractivity contribution in [2.24, 2.45) is 0 Å². The van der Waals surface area contributed by atoms with Gasteiger partial charge in [-0.15, -0.1) is 12.4 Å². The number of ether oxygens (including phenoxy) is 1. The molecule has 0 aliphatic heterocycles. The summed E-state index contributed by atoms with van der Waals surface area (Å²) in [6, 6.07) is 15.8. The minimum atomic E-state index is -0.130. The average molecular weight is 495 g/mol. The fourth-order valence-electron chi connectivity index (χ4n) is 4.00. The predicted octanol–water partition coefficient (Wildman–Crippen LogP) is 6.19. The lowest BCUT2D eigenvalue weighted by Gasteiger charge is -2.30. The Bertz CT molecular complexity index is 1090. The van der Waals surface area contributed by atoms with Crippen molar-refractivity contribution in [3.05, 3.63) is 64.1 Å². The Balaban J connectivity index is 0.00000289. The van der Waals surface area contributed by atoms with Crippen molar-refractivity contribution in [2.45, 2.75) is 44.7 Å². The van der Waals surface area contributed by atoms with Crippen molar-refractivity contribution in [2.75, 3.05) is 11.9 Å². The number of nitrogens with one attached hydrogen (secondary N) is 2. The maximum absolute atomic E-state index is 12.3. The molecule has 5 nitrogen and oxygen atoms in total. The molecule has 2 N–H and O–H groups in total. The van der Waals surface area contributed by atoms with Crippen LogP contribution in [-0.4, -0.2) is 29.6 Å². The summed E-state index contributed by atoms with van der Waals surface area (Å²) in [5.41, 5.74) is 2.23. The SMILES string of the molecule is Cc1cc(NC2CCC(NC(=O)COc3ccc(Cl)c(Cl)c3)CC2)nc2ccccc12.Cl. The molecule has 0 bridgehead atoms. The first kappa shape index (κ1) is 24.4. The molecule has 1 amide bonds. The zero-order valence-electron chi connectivity index (χ0n) is 17.7. The van der Waals surface area contributed by atoms with E-state index in [4.69, 9.17) is 32.9 Å². The number of carbonyl (C=O) groups is 1. The Morgan fingerprint density at radius 3 is 2.50 bits per heavy atom. The van der Waals surface area contributed by atoms with Crippen LogP contribution in [0.25, 0.3) is 10.9 Å². The Kier molecular flexibility index (Phi) is 8.46. The van der Waals surface area contributed by atoms with Gasteiger partial charge in [0.15, 0.2) is 6.61 Å². The van der Waals surface area contributed by atoms with Gasteiger partial charge in [0.05, 0.1) is 15.6 Å². The van der Waals surface area contributed by atoms with Gasteiger partial charge in [-0.1, -0.05) is 41.4 Å². The second kappa shape index (κ2) is 11.1. The van der Waals surface area contributed by atoms with Crippen molar-refractivity contribution in [3.8, 4) is 5.75 Å². The van der Waals surface area contributed by atoms with Crippen LogP contribution in [0.15, 0.2) is 48.5 Å². The first-order valence-corrected chi connectivity index (χ1v) is 11.2. The fraction of sp³-hybridized carbons (Fsp3) is 0.333. The van der Waals surface area contributed by atoms with Gasteiger partial charge < -0.3 is 15.4 Å². The number of fused-ring (bicyclic) bond motifs is 1. The Hall–Kier alpha value is -2.21. The van der Waals surface area contributed by atoms with Gasteiger partial charge in [-0.3, -0.25) is 4.79 Å². The van der Waals surface area contributed by atoms with Crippen molar-refractivity contribution in [3.63, 3.8) is 0 Å². The number of halogens is 3. The van der Waals surface area contributed by atoms with Gasteiger partial charge in [0.2, 0.25) is 0 Å². The van der Waals surface area contributed by atoms with E-state index in [1.165, 1.54) is 10.9 Å². The quantitative estimate of drug-likeness (QED) is 0.429. The zero-order chi connectivity index (χ0) is 21.8. The summed E-state index contributed by atoms with van der Waals surface area (Å²) in [5.74, 6) is 1.31. The summed E-state index contributed by atoms with van der Waals surface area (Å²) >= 11 is 11.9. The van der Waals surface area contributed by atoms with E-state index in [-0.39, 0.29) is 31.0 Å². The van der Waals surface area contributed by atoms with Gasteiger partial charge in [0.25, 0.3) is 5.91 Å². The standard InChI is InChI=1S/C24H25Cl2N3O2.ClH/c1-15-12-23(29-22-5-3-2-4-19(15)22)27-16-6-8-17(9-7-16)28-24(30)14-31-18-10-11-20(25)21(26)13-18;/h2-5,10-13,16-17H,6-9,14H2,1H3,(H,27,29)(H,28,30);1H. The van der Waals surface area contributed by atoms with E-state index < -0.39 is 0 Å². The van der Waals surface area contributed by atoms with Gasteiger partial charge >= 0.3 is 0 Å². The first-order valence-electron chi connectivity index (χ1n) is 10.5. The second-order valence-corrected chi connectivity index (χ2v) is 8.78. The lowest BCUT2D eigenvalue weighted by Crippen LogP contribution is -2.42. The van der Waals surface area contributed by atoms with Crippen LogP contribution in [0.5, 0.6) is 5.75 Å². The average Bonchev–Trinajstić information content (AvgIpc) is 2.76. The minimum absolute atomic E-state index is 0. The summed E-state index contributed by atoms with van der Waals surface area (Å²) in [4.78, 5) is 17.0. The highest BCUT2D eigenvalue weighted by Gasteiger charge is 2.23. The normalized spacial score (nSPS) is 18.0. The molecule has 170 valence electrons. The number of para-hydroxylation sites is 1. The third kappa shape index (κ3) is 6.18. The number of hydrogen-bond donors (Lipinski definition) is 2. The third-order valence-electron chi connectivity index (χ3n) is 5.63. The summed E-state index contributed by atoms with van der Waals surface area (Å²) in [5, 5.41) is 8.68. The summed E-state index contributed by atoms with van der Waals surface area (Å²) in [6.07, 6.45) is 3.80. The second-order valence-electron chi connectivity index (χ2n) is 7.97. The molecule has 4 rings (SSSR count). The molecule has 1 aliphatic carbocycles. The molecule has 1 saturated carbocycles. The van der Waals surface area contributed by atoms with E-state index in [1.807, 2.05) is 18.2 Å². The smallest absolute Gasteiger partial charge is 0.258 e. The van der Waals surface area contributed by atoms with Gasteiger partial charge in [-0.25, -0.2) is 4.98 Å². The molecule has 1 aromatic heterocycles. The lowest BCUT2D eigenvalue weighted by molar-refractivity contribution is -0.124. The highest BCUT2D eigenvalue weighted by atomic mass is 35.5. The van der Waals surface area contributed by atoms with Crippen LogP contribution in [0, 0.1) is 6.92 Å². The molecule has 0 spiro atoms. The van der Waals surface area contributed by atoms with E-state index in [0.29, 0.717) is 21.8 Å². The number of aryl methyl sites for hydroxylation is 1. The lowest BCUT2D eigenvalue weighted by atomic mass is 9.91. The number of pyridine rings is 1. The number of aromatic nitrogens is 1. The van der Waals surface area contributed by atoms with E-state index >= 15 is 0 Å². The molecular formula is C24H26Cl3N3O2. The van der Waals surface area contributed by atoms with Crippen molar-refractivity contribution < 1.29 is 9.53 Å². The largest absolute Gasteiger partial charge is 0.484 e. The van der Waals surface area contributed by atoms with Gasteiger partial charge in [0.1, 0.15) is 11.6 Å². The van der Waals surface area contributed by atoms with Crippen LogP contribution in [0.1, 0.15) is 31.2 Å². The maximum Gasteiger partial charge on any atom is 0.258 e. The molecule has 0 radical (unpaired) electrons. The minimum Gasteiger partial charge on any atom is -0.484 e. The summed E-state index contributed by atoms with van der Waals surface area (Å²) < 4.78 is 5.52. The molecule has 1 heterocycles. The van der Waals surface area contributed by atoms with Crippen LogP contribution in [0.4, 0.5) is 5.82 Å². The first-order chi connectivity index (χ1) is 15.0. The van der Waals surface area contributed by atoms with Crippen molar-refractivity contribution >= 4 is 58.2 Å². The molecule has 0 atom stereocenters. The predicted molar refractivity (Wildman–Crippen MR) is 133 cm³/mol. The number of hydrogen-bond acceptors (Lipinski definition) is 4.